The number of rotatable bonds is 6. The Morgan fingerprint density at radius 3 is 2.51 bits per heavy atom. The maximum atomic E-state index is 14.2. The van der Waals surface area contributed by atoms with Crippen LogP contribution in [0.4, 0.5) is 9.18 Å². The molecule has 6 nitrogen and oxygen atoms in total. The van der Waals surface area contributed by atoms with Crippen molar-refractivity contribution in [2.45, 2.75) is 27.3 Å². The monoisotopic (exact) mass is 512 g/mol. The Bertz CT molecular complexity index is 1340. The molecule has 2 amide bonds. The summed E-state index contributed by atoms with van der Waals surface area (Å²) in [6, 6.07) is 13.2. The zero-order valence-corrected chi connectivity index (χ0v) is 20.9. The van der Waals surface area contributed by atoms with Crippen LogP contribution in [0.2, 0.25) is 5.02 Å². The van der Waals surface area contributed by atoms with Gasteiger partial charge in [0.05, 0.1) is 23.6 Å². The highest BCUT2D eigenvalue weighted by molar-refractivity contribution is 8.18. The molecule has 0 radical (unpaired) electrons. The third kappa shape index (κ3) is 4.90. The third-order valence-electron chi connectivity index (χ3n) is 5.65. The summed E-state index contributed by atoms with van der Waals surface area (Å²) in [5.74, 6) is -1.45. The first-order valence-electron chi connectivity index (χ1n) is 10.9. The van der Waals surface area contributed by atoms with Crippen molar-refractivity contribution in [2.75, 3.05) is 6.61 Å². The fourth-order valence-electron chi connectivity index (χ4n) is 3.91. The van der Waals surface area contributed by atoms with Crippen LogP contribution >= 0.6 is 23.4 Å². The average Bonchev–Trinajstić information content (AvgIpc) is 3.25. The molecule has 1 fully saturated rings. The number of carbonyl (C=O) groups excluding carboxylic acids is 3. The molecular formula is C26H22ClFN2O4S. The highest BCUT2D eigenvalue weighted by Crippen LogP contribution is 2.35. The van der Waals surface area contributed by atoms with E-state index in [1.807, 2.05) is 36.6 Å². The van der Waals surface area contributed by atoms with Crippen LogP contribution in [0.15, 0.2) is 53.4 Å². The summed E-state index contributed by atoms with van der Waals surface area (Å²) in [7, 11) is 0. The summed E-state index contributed by atoms with van der Waals surface area (Å²) in [5.41, 5.74) is 3.94. The second kappa shape index (κ2) is 10.1. The molecule has 0 N–H and O–H groups in total. The first kappa shape index (κ1) is 24.8. The van der Waals surface area contributed by atoms with Gasteiger partial charge in [-0.1, -0.05) is 17.7 Å². The molecule has 3 aromatic rings. The van der Waals surface area contributed by atoms with Crippen LogP contribution in [0.1, 0.15) is 39.8 Å². The quantitative estimate of drug-likeness (QED) is 0.286. The van der Waals surface area contributed by atoms with Crippen molar-refractivity contribution in [1.29, 1.82) is 0 Å². The summed E-state index contributed by atoms with van der Waals surface area (Å²) in [6.45, 7) is 5.65. The van der Waals surface area contributed by atoms with Gasteiger partial charge in [0.1, 0.15) is 5.82 Å². The fourth-order valence-corrected chi connectivity index (χ4v) is 4.96. The molecule has 180 valence electrons. The standard InChI is InChI=1S/C26H22ClFN2O4S/c1-4-34-25(32)17-8-10-19(11-9-17)30-15(2)12-18(16(30)3)13-23-24(31)29(26(33)35-23)14-20-21(27)6-5-7-22(20)28/h5-13H,4,14H2,1-3H3/b23-13-. The van der Waals surface area contributed by atoms with Crippen LogP contribution in [0, 0.1) is 19.7 Å². The number of nitrogens with zero attached hydrogens (tertiary/aromatic N) is 2. The van der Waals surface area contributed by atoms with Gasteiger partial charge in [-0.05, 0) is 86.6 Å². The Hall–Kier alpha value is -3.36. The van der Waals surface area contributed by atoms with Gasteiger partial charge in [0.2, 0.25) is 0 Å². The Labute approximate surface area is 211 Å². The van der Waals surface area contributed by atoms with Crippen molar-refractivity contribution in [3.8, 4) is 5.69 Å². The highest BCUT2D eigenvalue weighted by atomic mass is 35.5. The Balaban J connectivity index is 1.60. The van der Waals surface area contributed by atoms with Gasteiger partial charge < -0.3 is 9.30 Å². The van der Waals surface area contributed by atoms with E-state index in [9.17, 15) is 18.8 Å². The second-order valence-electron chi connectivity index (χ2n) is 7.90. The number of esters is 1. The van der Waals surface area contributed by atoms with E-state index in [0.29, 0.717) is 12.2 Å². The molecule has 0 spiro atoms. The van der Waals surface area contributed by atoms with Crippen molar-refractivity contribution >= 4 is 46.6 Å². The molecule has 1 aliphatic rings. The topological polar surface area (TPSA) is 68.6 Å². The minimum absolute atomic E-state index is 0.0992. The number of halogens is 2. The lowest BCUT2D eigenvalue weighted by atomic mass is 10.2. The van der Waals surface area contributed by atoms with Gasteiger partial charge in [0.15, 0.2) is 0 Å². The predicted octanol–water partition coefficient (Wildman–Crippen LogP) is 6.30. The molecule has 2 aromatic carbocycles. The van der Waals surface area contributed by atoms with Crippen LogP contribution in [-0.2, 0) is 16.1 Å². The van der Waals surface area contributed by atoms with Gasteiger partial charge in [0.25, 0.3) is 11.1 Å². The largest absolute Gasteiger partial charge is 0.462 e. The zero-order valence-electron chi connectivity index (χ0n) is 19.3. The van der Waals surface area contributed by atoms with Crippen LogP contribution < -0.4 is 0 Å². The smallest absolute Gasteiger partial charge is 0.338 e. The van der Waals surface area contributed by atoms with E-state index < -0.39 is 17.0 Å². The lowest BCUT2D eigenvalue weighted by Gasteiger charge is -2.14. The Kier molecular flexibility index (Phi) is 7.14. The van der Waals surface area contributed by atoms with Gasteiger partial charge in [-0.25, -0.2) is 9.18 Å². The molecule has 1 aliphatic heterocycles. The lowest BCUT2D eigenvalue weighted by Crippen LogP contribution is -2.28. The number of benzene rings is 2. The number of hydrogen-bond donors (Lipinski definition) is 0. The van der Waals surface area contributed by atoms with Crippen molar-refractivity contribution < 1.29 is 23.5 Å². The Morgan fingerprint density at radius 1 is 1.14 bits per heavy atom. The number of amides is 2. The minimum Gasteiger partial charge on any atom is -0.462 e. The molecule has 9 heteroatoms. The molecule has 35 heavy (non-hydrogen) atoms. The number of thioether (sulfide) groups is 1. The molecule has 0 aliphatic carbocycles. The first-order valence-corrected chi connectivity index (χ1v) is 12.1. The molecule has 1 aromatic heterocycles. The number of carbonyl (C=O) groups is 3. The highest BCUT2D eigenvalue weighted by Gasteiger charge is 2.36. The molecule has 0 unspecified atom stereocenters. The molecule has 0 saturated carbocycles. The second-order valence-corrected chi connectivity index (χ2v) is 9.30. The molecule has 2 heterocycles. The van der Waals surface area contributed by atoms with Crippen LogP contribution in [-0.4, -0.2) is 33.2 Å². The zero-order chi connectivity index (χ0) is 25.3. The summed E-state index contributed by atoms with van der Waals surface area (Å²) in [4.78, 5) is 38.7. The van der Waals surface area contributed by atoms with E-state index in [4.69, 9.17) is 16.3 Å². The summed E-state index contributed by atoms with van der Waals surface area (Å²) >= 11 is 6.88. The summed E-state index contributed by atoms with van der Waals surface area (Å²) < 4.78 is 21.2. The number of aryl methyl sites for hydroxylation is 1. The van der Waals surface area contributed by atoms with Crippen LogP contribution in [0.25, 0.3) is 11.8 Å². The van der Waals surface area contributed by atoms with E-state index in [0.717, 1.165) is 39.3 Å². The van der Waals surface area contributed by atoms with E-state index >= 15 is 0 Å². The van der Waals surface area contributed by atoms with Crippen molar-refractivity contribution in [2.24, 2.45) is 0 Å². The van der Waals surface area contributed by atoms with Crippen molar-refractivity contribution in [1.82, 2.24) is 9.47 Å². The predicted molar refractivity (Wildman–Crippen MR) is 134 cm³/mol. The molecule has 4 rings (SSSR count). The normalized spacial score (nSPS) is 14.8. The maximum Gasteiger partial charge on any atom is 0.338 e. The Morgan fingerprint density at radius 2 is 1.86 bits per heavy atom. The average molecular weight is 513 g/mol. The minimum atomic E-state index is -0.571. The van der Waals surface area contributed by atoms with Gasteiger partial charge >= 0.3 is 5.97 Å². The molecule has 0 bridgehead atoms. The van der Waals surface area contributed by atoms with Gasteiger partial charge in [-0.2, -0.15) is 0 Å². The van der Waals surface area contributed by atoms with Gasteiger partial charge in [-0.3, -0.25) is 14.5 Å². The van der Waals surface area contributed by atoms with Crippen molar-refractivity contribution in [3.05, 3.63) is 92.4 Å². The van der Waals surface area contributed by atoms with Gasteiger partial charge in [-0.15, -0.1) is 0 Å². The van der Waals surface area contributed by atoms with E-state index in [1.54, 1.807) is 25.1 Å². The van der Waals surface area contributed by atoms with Crippen molar-refractivity contribution in [3.63, 3.8) is 0 Å². The molecular weight excluding hydrogens is 491 g/mol. The number of imide groups is 1. The van der Waals surface area contributed by atoms with Crippen LogP contribution in [0.5, 0.6) is 0 Å². The van der Waals surface area contributed by atoms with E-state index in [1.165, 1.54) is 18.2 Å². The number of ether oxygens (including phenoxy) is 1. The van der Waals surface area contributed by atoms with Gasteiger partial charge in [0, 0.05) is 27.7 Å². The first-order chi connectivity index (χ1) is 16.7. The summed E-state index contributed by atoms with van der Waals surface area (Å²) in [6.07, 6.45) is 1.67. The van der Waals surface area contributed by atoms with E-state index in [2.05, 4.69) is 0 Å². The lowest BCUT2D eigenvalue weighted by molar-refractivity contribution is -0.123. The van der Waals surface area contributed by atoms with Crippen LogP contribution in [0.3, 0.4) is 0 Å². The number of hydrogen-bond acceptors (Lipinski definition) is 5. The van der Waals surface area contributed by atoms with E-state index in [-0.39, 0.29) is 28.0 Å². The fraction of sp³-hybridized carbons (Fsp3) is 0.192. The molecule has 0 atom stereocenters. The number of aromatic nitrogens is 1. The SMILES string of the molecule is CCOC(=O)c1ccc(-n2c(C)cc(/C=C3\SC(=O)N(Cc4c(F)cccc4Cl)C3=O)c2C)cc1. The summed E-state index contributed by atoms with van der Waals surface area (Å²) in [5, 5.41) is -0.325. The third-order valence-corrected chi connectivity index (χ3v) is 6.91. The molecule has 1 saturated heterocycles. The maximum absolute atomic E-state index is 14.2.